The Balaban J connectivity index is 3.14. The largest absolute Gasteiger partial charge is 0.449 e. The molecular weight excluding hydrogens is 390 g/mol. The molecule has 1 rings (SSSR count). The molecule has 3 N–H and O–H groups in total. The van der Waals surface area contributed by atoms with Gasteiger partial charge in [0.05, 0.1) is 26.4 Å². The molecule has 0 fully saturated rings. The van der Waals surface area contributed by atoms with E-state index in [4.69, 9.17) is 18.9 Å². The summed E-state index contributed by atoms with van der Waals surface area (Å²) < 4.78 is 19.3. The molecule has 13 heteroatoms. The Morgan fingerprint density at radius 2 is 1.07 bits per heavy atom. The standard InChI is InChI=1S/C16H25N5O8/c1-5-26-13(22)18-20(15(24)28-7-3)11-9-10-12(17-11)21(16(25)29-8-4)19-14(23)27-6-2/h9-10,17H,5-8H2,1-4H3,(H,18,22)(H,19,23). The second-order valence-electron chi connectivity index (χ2n) is 4.96. The number of anilines is 2. The van der Waals surface area contributed by atoms with Crippen LogP contribution in [0.15, 0.2) is 12.1 Å². The summed E-state index contributed by atoms with van der Waals surface area (Å²) in [6, 6.07) is 2.72. The van der Waals surface area contributed by atoms with Gasteiger partial charge in [-0.05, 0) is 39.8 Å². The fourth-order valence-corrected chi connectivity index (χ4v) is 1.93. The zero-order valence-electron chi connectivity index (χ0n) is 16.6. The highest BCUT2D eigenvalue weighted by Crippen LogP contribution is 2.20. The molecule has 13 nitrogen and oxygen atoms in total. The van der Waals surface area contributed by atoms with Crippen molar-refractivity contribution in [3.05, 3.63) is 12.1 Å². The van der Waals surface area contributed by atoms with Gasteiger partial charge in [-0.3, -0.25) is 0 Å². The number of amides is 4. The zero-order chi connectivity index (χ0) is 21.8. The number of nitrogens with one attached hydrogen (secondary N) is 3. The third-order valence-electron chi connectivity index (χ3n) is 2.99. The monoisotopic (exact) mass is 415 g/mol. The Morgan fingerprint density at radius 1 is 0.724 bits per heavy atom. The summed E-state index contributed by atoms with van der Waals surface area (Å²) in [5, 5.41) is 1.50. The van der Waals surface area contributed by atoms with Crippen LogP contribution in [-0.4, -0.2) is 55.8 Å². The molecule has 1 heterocycles. The lowest BCUT2D eigenvalue weighted by Crippen LogP contribution is -2.48. The minimum absolute atomic E-state index is 0.0199. The van der Waals surface area contributed by atoms with Gasteiger partial charge in [0.2, 0.25) is 0 Å². The SMILES string of the molecule is CCOC(=O)NN(C(=O)OCC)c1ccc(N(NC(=O)OCC)C(=O)OCC)[nH]1. The molecule has 0 saturated heterocycles. The highest BCUT2D eigenvalue weighted by Gasteiger charge is 2.26. The van der Waals surface area contributed by atoms with Crippen LogP contribution in [0.1, 0.15) is 27.7 Å². The second kappa shape index (κ2) is 11.9. The van der Waals surface area contributed by atoms with Crippen LogP contribution >= 0.6 is 0 Å². The first-order valence-electron chi connectivity index (χ1n) is 8.87. The fraction of sp³-hybridized carbons (Fsp3) is 0.500. The Morgan fingerprint density at radius 3 is 1.38 bits per heavy atom. The second-order valence-corrected chi connectivity index (χ2v) is 4.96. The first kappa shape index (κ1) is 23.4. The van der Waals surface area contributed by atoms with E-state index in [1.165, 1.54) is 12.1 Å². The van der Waals surface area contributed by atoms with E-state index in [-0.39, 0.29) is 38.1 Å². The summed E-state index contributed by atoms with van der Waals surface area (Å²) in [6.45, 7) is 6.63. The zero-order valence-corrected chi connectivity index (χ0v) is 16.6. The molecule has 0 radical (unpaired) electrons. The Bertz CT molecular complexity index is 651. The van der Waals surface area contributed by atoms with Gasteiger partial charge >= 0.3 is 24.4 Å². The topological polar surface area (TPSA) is 152 Å². The number of aromatic amines is 1. The van der Waals surface area contributed by atoms with Crippen molar-refractivity contribution >= 4 is 36.0 Å². The lowest BCUT2D eigenvalue weighted by molar-refractivity contribution is 0.138. The smallest absolute Gasteiger partial charge is 0.434 e. The van der Waals surface area contributed by atoms with Crippen molar-refractivity contribution < 1.29 is 38.1 Å². The Kier molecular flexibility index (Phi) is 9.64. The maximum absolute atomic E-state index is 12.2. The third kappa shape index (κ3) is 7.12. The molecule has 0 aliphatic rings. The van der Waals surface area contributed by atoms with Crippen molar-refractivity contribution in [2.75, 3.05) is 36.4 Å². The van der Waals surface area contributed by atoms with Crippen LogP contribution in [0.5, 0.6) is 0 Å². The Hall–Kier alpha value is -3.64. The summed E-state index contributed by atoms with van der Waals surface area (Å²) >= 11 is 0. The quantitative estimate of drug-likeness (QED) is 0.473. The fourth-order valence-electron chi connectivity index (χ4n) is 1.93. The van der Waals surface area contributed by atoms with E-state index in [1.54, 1.807) is 27.7 Å². The van der Waals surface area contributed by atoms with E-state index in [9.17, 15) is 19.2 Å². The van der Waals surface area contributed by atoms with E-state index < -0.39 is 24.4 Å². The molecule has 29 heavy (non-hydrogen) atoms. The molecule has 0 bridgehead atoms. The number of hydrogen-bond donors (Lipinski definition) is 3. The van der Waals surface area contributed by atoms with Crippen LogP contribution in [0.25, 0.3) is 0 Å². The van der Waals surface area contributed by atoms with Gasteiger partial charge in [-0.15, -0.1) is 0 Å². The summed E-state index contributed by atoms with van der Waals surface area (Å²) in [5.41, 5.74) is 4.41. The molecule has 1 aromatic heterocycles. The molecule has 0 saturated carbocycles. The van der Waals surface area contributed by atoms with E-state index in [1.807, 2.05) is 0 Å². The average molecular weight is 415 g/mol. The van der Waals surface area contributed by atoms with Crippen molar-refractivity contribution in [3.63, 3.8) is 0 Å². The van der Waals surface area contributed by atoms with E-state index >= 15 is 0 Å². The van der Waals surface area contributed by atoms with Crippen LogP contribution < -0.4 is 20.9 Å². The number of H-pyrrole nitrogens is 1. The number of hydrazine groups is 2. The molecule has 0 aliphatic carbocycles. The van der Waals surface area contributed by atoms with E-state index in [0.29, 0.717) is 0 Å². The lowest BCUT2D eigenvalue weighted by atomic mass is 10.5. The van der Waals surface area contributed by atoms with Crippen LogP contribution in [0.2, 0.25) is 0 Å². The lowest BCUT2D eigenvalue weighted by Gasteiger charge is -2.22. The minimum Gasteiger partial charge on any atom is -0.449 e. The highest BCUT2D eigenvalue weighted by atomic mass is 16.6. The summed E-state index contributed by atoms with van der Waals surface area (Å²) in [5.74, 6) is 0.0397. The van der Waals surface area contributed by atoms with Gasteiger partial charge in [-0.2, -0.15) is 10.0 Å². The number of nitrogens with zero attached hydrogens (tertiary/aromatic N) is 2. The molecule has 0 aromatic carbocycles. The normalized spacial score (nSPS) is 9.79. The van der Waals surface area contributed by atoms with E-state index in [0.717, 1.165) is 10.0 Å². The molecule has 0 aliphatic heterocycles. The van der Waals surface area contributed by atoms with Crippen molar-refractivity contribution in [2.24, 2.45) is 0 Å². The number of rotatable bonds is 6. The van der Waals surface area contributed by atoms with Crippen molar-refractivity contribution in [3.8, 4) is 0 Å². The van der Waals surface area contributed by atoms with E-state index in [2.05, 4.69) is 15.8 Å². The molecule has 0 spiro atoms. The highest BCUT2D eigenvalue weighted by molar-refractivity contribution is 5.92. The van der Waals surface area contributed by atoms with Gasteiger partial charge in [0.15, 0.2) is 0 Å². The summed E-state index contributed by atoms with van der Waals surface area (Å²) in [6.07, 6.45) is -3.61. The van der Waals surface area contributed by atoms with Gasteiger partial charge in [-0.1, -0.05) is 0 Å². The maximum Gasteiger partial charge on any atom is 0.434 e. The number of ether oxygens (including phenoxy) is 4. The van der Waals surface area contributed by atoms with Crippen LogP contribution in [-0.2, 0) is 18.9 Å². The molecule has 1 aromatic rings. The maximum atomic E-state index is 12.2. The minimum atomic E-state index is -0.907. The first-order valence-corrected chi connectivity index (χ1v) is 8.87. The van der Waals surface area contributed by atoms with Crippen molar-refractivity contribution in [1.82, 2.24) is 15.8 Å². The predicted molar refractivity (Wildman–Crippen MR) is 100 cm³/mol. The Labute approximate surface area is 167 Å². The average Bonchev–Trinajstić information content (AvgIpc) is 3.14. The first-order chi connectivity index (χ1) is 13.9. The number of hydrogen-bond acceptors (Lipinski definition) is 8. The van der Waals surface area contributed by atoms with Crippen LogP contribution in [0.3, 0.4) is 0 Å². The number of carbonyl (C=O) groups is 4. The molecule has 0 unspecified atom stereocenters. The number of aromatic nitrogens is 1. The molecular formula is C16H25N5O8. The molecule has 4 amide bonds. The van der Waals surface area contributed by atoms with Gasteiger partial charge in [0.1, 0.15) is 11.6 Å². The molecule has 0 atom stereocenters. The van der Waals surface area contributed by atoms with Gasteiger partial charge < -0.3 is 23.9 Å². The summed E-state index contributed by atoms with van der Waals surface area (Å²) in [4.78, 5) is 50.5. The van der Waals surface area contributed by atoms with Gasteiger partial charge in [0, 0.05) is 0 Å². The van der Waals surface area contributed by atoms with Crippen LogP contribution in [0.4, 0.5) is 30.8 Å². The molecule has 162 valence electrons. The predicted octanol–water partition coefficient (Wildman–Crippen LogP) is 2.26. The van der Waals surface area contributed by atoms with Gasteiger partial charge in [-0.25, -0.2) is 30.0 Å². The van der Waals surface area contributed by atoms with Crippen molar-refractivity contribution in [2.45, 2.75) is 27.7 Å². The number of carbonyl (C=O) groups excluding carboxylic acids is 4. The summed E-state index contributed by atoms with van der Waals surface area (Å²) in [7, 11) is 0. The van der Waals surface area contributed by atoms with Crippen LogP contribution in [0, 0.1) is 0 Å². The van der Waals surface area contributed by atoms with Gasteiger partial charge in [0.25, 0.3) is 0 Å². The third-order valence-corrected chi connectivity index (χ3v) is 2.99. The van der Waals surface area contributed by atoms with Crippen molar-refractivity contribution in [1.29, 1.82) is 0 Å².